The number of methoxy groups -OCH3 is 2. The molecule has 4 N–H and O–H groups in total. The lowest BCUT2D eigenvalue weighted by Crippen LogP contribution is -2.16. The fraction of sp³-hybridized carbons (Fsp3) is 0.250. The first kappa shape index (κ1) is 15.1. The average Bonchev–Trinajstić information content (AvgIpc) is 2.96. The van der Waals surface area contributed by atoms with E-state index in [1.54, 1.807) is 12.1 Å². The fourth-order valence-electron chi connectivity index (χ4n) is 1.78. The summed E-state index contributed by atoms with van der Waals surface area (Å²) in [5.74, 6) is 0.922. The number of rotatable bonds is 6. The van der Waals surface area contributed by atoms with Crippen LogP contribution in [0.5, 0.6) is 11.5 Å². The van der Waals surface area contributed by atoms with Crippen molar-refractivity contribution in [3.8, 4) is 11.5 Å². The Morgan fingerprint density at radius 3 is 2.62 bits per heavy atom. The Labute approximate surface area is 122 Å². The highest BCUT2D eigenvalue weighted by molar-refractivity contribution is 7.92. The van der Waals surface area contributed by atoms with E-state index in [1.807, 2.05) is 0 Å². The van der Waals surface area contributed by atoms with Crippen molar-refractivity contribution >= 4 is 15.7 Å². The molecule has 0 saturated heterocycles. The second kappa shape index (κ2) is 6.02. The van der Waals surface area contributed by atoms with Crippen LogP contribution < -0.4 is 19.9 Å². The number of H-pyrrole nitrogens is 1. The monoisotopic (exact) mass is 312 g/mol. The van der Waals surface area contributed by atoms with E-state index >= 15 is 0 Å². The minimum atomic E-state index is -3.80. The first-order valence-corrected chi connectivity index (χ1v) is 7.47. The minimum absolute atomic E-state index is 0.0558. The highest BCUT2D eigenvalue weighted by Crippen LogP contribution is 2.30. The third-order valence-electron chi connectivity index (χ3n) is 2.80. The number of anilines is 1. The Hall–Kier alpha value is -2.26. The molecule has 114 valence electrons. The van der Waals surface area contributed by atoms with Gasteiger partial charge in [-0.1, -0.05) is 0 Å². The Morgan fingerprint density at radius 1 is 1.29 bits per heavy atom. The number of aromatic nitrogens is 2. The number of ether oxygens (including phenoxy) is 2. The van der Waals surface area contributed by atoms with Gasteiger partial charge in [-0.2, -0.15) is 13.5 Å². The molecule has 1 aromatic carbocycles. The third kappa shape index (κ3) is 3.09. The van der Waals surface area contributed by atoms with Crippen LogP contribution in [0, 0.1) is 0 Å². The lowest BCUT2D eigenvalue weighted by molar-refractivity contribution is 0.355. The topological polar surface area (TPSA) is 119 Å². The number of hydrogen-bond acceptors (Lipinski definition) is 6. The van der Waals surface area contributed by atoms with E-state index in [4.69, 9.17) is 15.2 Å². The molecule has 0 aliphatic rings. The molecular formula is C12H16N4O4S. The molecule has 1 heterocycles. The van der Waals surface area contributed by atoms with Gasteiger partial charge in [0.1, 0.15) is 0 Å². The lowest BCUT2D eigenvalue weighted by atomic mass is 10.3. The Balaban J connectivity index is 2.33. The van der Waals surface area contributed by atoms with Crippen molar-refractivity contribution in [2.75, 3.05) is 18.9 Å². The molecule has 0 saturated carbocycles. The summed E-state index contributed by atoms with van der Waals surface area (Å²) >= 11 is 0. The van der Waals surface area contributed by atoms with E-state index < -0.39 is 10.0 Å². The highest BCUT2D eigenvalue weighted by atomic mass is 32.2. The summed E-state index contributed by atoms with van der Waals surface area (Å²) in [5, 5.41) is 6.07. The fourth-order valence-corrected chi connectivity index (χ4v) is 2.98. The minimum Gasteiger partial charge on any atom is -0.493 e. The van der Waals surface area contributed by atoms with E-state index in [1.165, 1.54) is 26.5 Å². The number of nitrogens with zero attached hydrogens (tertiary/aromatic N) is 1. The van der Waals surface area contributed by atoms with Crippen molar-refractivity contribution < 1.29 is 17.9 Å². The summed E-state index contributed by atoms with van der Waals surface area (Å²) in [6, 6.07) is 4.69. The summed E-state index contributed by atoms with van der Waals surface area (Å²) in [7, 11) is -0.832. The second-order valence-electron chi connectivity index (χ2n) is 4.10. The van der Waals surface area contributed by atoms with E-state index in [0.29, 0.717) is 22.7 Å². The number of hydrogen-bond donors (Lipinski definition) is 3. The zero-order valence-electron chi connectivity index (χ0n) is 11.6. The molecule has 2 aromatic rings. The van der Waals surface area contributed by atoms with Gasteiger partial charge in [0, 0.05) is 18.2 Å². The van der Waals surface area contributed by atoms with E-state index in [-0.39, 0.29) is 11.6 Å². The summed E-state index contributed by atoms with van der Waals surface area (Å²) in [5.41, 5.74) is 6.22. The van der Waals surface area contributed by atoms with Gasteiger partial charge < -0.3 is 15.2 Å². The van der Waals surface area contributed by atoms with Crippen molar-refractivity contribution in [3.63, 3.8) is 0 Å². The largest absolute Gasteiger partial charge is 0.493 e. The molecular weight excluding hydrogens is 296 g/mol. The van der Waals surface area contributed by atoms with Crippen LogP contribution >= 0.6 is 0 Å². The first-order valence-electron chi connectivity index (χ1n) is 5.99. The van der Waals surface area contributed by atoms with E-state index in [2.05, 4.69) is 14.9 Å². The first-order chi connectivity index (χ1) is 10.0. The van der Waals surface area contributed by atoms with Crippen LogP contribution in [0.1, 0.15) is 5.56 Å². The van der Waals surface area contributed by atoms with Gasteiger partial charge >= 0.3 is 0 Å². The maximum absolute atomic E-state index is 12.3. The molecule has 0 aliphatic heterocycles. The molecule has 8 nitrogen and oxygen atoms in total. The van der Waals surface area contributed by atoms with Crippen molar-refractivity contribution in [3.05, 3.63) is 30.0 Å². The maximum Gasteiger partial charge on any atom is 0.279 e. The van der Waals surface area contributed by atoms with Gasteiger partial charge in [0.25, 0.3) is 10.0 Å². The molecule has 9 heteroatoms. The Bertz CT molecular complexity index is 727. The highest BCUT2D eigenvalue weighted by Gasteiger charge is 2.20. The van der Waals surface area contributed by atoms with Crippen LogP contribution in [0.15, 0.2) is 29.4 Å². The van der Waals surface area contributed by atoms with Gasteiger partial charge in [-0.3, -0.25) is 9.82 Å². The third-order valence-corrected chi connectivity index (χ3v) is 4.20. The van der Waals surface area contributed by atoms with Crippen molar-refractivity contribution in [1.29, 1.82) is 0 Å². The van der Waals surface area contributed by atoms with Gasteiger partial charge in [-0.25, -0.2) is 0 Å². The van der Waals surface area contributed by atoms with Crippen molar-refractivity contribution in [2.24, 2.45) is 5.73 Å². The quantitative estimate of drug-likeness (QED) is 0.722. The number of benzene rings is 1. The molecule has 1 aromatic heterocycles. The molecule has 2 rings (SSSR count). The van der Waals surface area contributed by atoms with Gasteiger partial charge in [-0.05, 0) is 12.1 Å². The maximum atomic E-state index is 12.3. The van der Waals surface area contributed by atoms with Gasteiger partial charge in [0.05, 0.1) is 26.1 Å². The van der Waals surface area contributed by atoms with Gasteiger partial charge in [0.15, 0.2) is 16.5 Å². The zero-order valence-corrected chi connectivity index (χ0v) is 12.4. The zero-order chi connectivity index (χ0) is 15.5. The summed E-state index contributed by atoms with van der Waals surface area (Å²) in [4.78, 5) is 0. The molecule has 0 radical (unpaired) electrons. The number of aromatic amines is 1. The molecule has 21 heavy (non-hydrogen) atoms. The molecule has 0 unspecified atom stereocenters. The molecule has 0 bridgehead atoms. The number of sulfonamides is 1. The van der Waals surface area contributed by atoms with E-state index in [9.17, 15) is 8.42 Å². The van der Waals surface area contributed by atoms with Crippen LogP contribution in [0.25, 0.3) is 0 Å². The number of nitrogens with two attached hydrogens (primary N) is 1. The summed E-state index contributed by atoms with van der Waals surface area (Å²) in [6.45, 7) is 0.0681. The molecule has 0 atom stereocenters. The van der Waals surface area contributed by atoms with Crippen LogP contribution in [-0.4, -0.2) is 32.8 Å². The lowest BCUT2D eigenvalue weighted by Gasteiger charge is -2.11. The SMILES string of the molecule is COc1ccc(NS(=O)(=O)c2[nH]ncc2CN)cc1OC. The molecule has 0 spiro atoms. The summed E-state index contributed by atoms with van der Waals surface area (Å²) < 4.78 is 37.2. The van der Waals surface area contributed by atoms with Gasteiger partial charge in [0.2, 0.25) is 0 Å². The standard InChI is InChI=1S/C12H16N4O4S/c1-19-10-4-3-9(5-11(10)20-2)16-21(17,18)12-8(6-13)7-14-15-12/h3-5,7,16H,6,13H2,1-2H3,(H,14,15). The molecule has 0 fully saturated rings. The normalized spacial score (nSPS) is 11.2. The van der Waals surface area contributed by atoms with E-state index in [0.717, 1.165) is 0 Å². The van der Waals surface area contributed by atoms with Crippen molar-refractivity contribution in [1.82, 2.24) is 10.2 Å². The van der Waals surface area contributed by atoms with Crippen molar-refractivity contribution in [2.45, 2.75) is 11.6 Å². The van der Waals surface area contributed by atoms with Crippen LogP contribution in [-0.2, 0) is 16.6 Å². The summed E-state index contributed by atoms with van der Waals surface area (Å²) in [6.07, 6.45) is 1.38. The van der Waals surface area contributed by atoms with Crippen LogP contribution in [0.3, 0.4) is 0 Å². The van der Waals surface area contributed by atoms with Crippen LogP contribution in [0.4, 0.5) is 5.69 Å². The number of nitrogens with one attached hydrogen (secondary N) is 2. The van der Waals surface area contributed by atoms with Crippen LogP contribution in [0.2, 0.25) is 0 Å². The average molecular weight is 312 g/mol. The second-order valence-corrected chi connectivity index (χ2v) is 5.72. The predicted octanol–water partition coefficient (Wildman–Crippen LogP) is 0.686. The predicted molar refractivity (Wildman–Crippen MR) is 76.8 cm³/mol. The molecule has 0 aliphatic carbocycles. The van der Waals surface area contributed by atoms with Gasteiger partial charge in [-0.15, -0.1) is 0 Å². The smallest absolute Gasteiger partial charge is 0.279 e. The molecule has 0 amide bonds. The Morgan fingerprint density at radius 2 is 2.00 bits per heavy atom. The Kier molecular flexibility index (Phi) is 4.34.